The summed E-state index contributed by atoms with van der Waals surface area (Å²) in [6, 6.07) is 19.9. The second-order valence-electron chi connectivity index (χ2n) is 5.23. The van der Waals surface area contributed by atoms with Crippen LogP contribution in [0.15, 0.2) is 85.3 Å². The molecule has 112 valence electrons. The van der Waals surface area contributed by atoms with Gasteiger partial charge in [-0.2, -0.15) is 0 Å². The van der Waals surface area contributed by atoms with Crippen LogP contribution in [0.25, 0.3) is 11.4 Å². The smallest absolute Gasteiger partial charge is 0.159 e. The first-order valence-electron chi connectivity index (χ1n) is 7.47. The Bertz CT molecular complexity index is 801. The molecule has 2 heterocycles. The van der Waals surface area contributed by atoms with Crippen molar-refractivity contribution in [1.29, 1.82) is 0 Å². The van der Waals surface area contributed by atoms with Crippen molar-refractivity contribution in [3.05, 3.63) is 90.9 Å². The van der Waals surface area contributed by atoms with E-state index in [0.29, 0.717) is 0 Å². The maximum absolute atomic E-state index is 5.92. The maximum Gasteiger partial charge on any atom is 0.159 e. The summed E-state index contributed by atoms with van der Waals surface area (Å²) < 4.78 is 0. The topological polar surface area (TPSA) is 38.2 Å². The lowest BCUT2D eigenvalue weighted by Crippen LogP contribution is -2.13. The van der Waals surface area contributed by atoms with Gasteiger partial charge in [0.1, 0.15) is 6.10 Å². The fourth-order valence-corrected chi connectivity index (χ4v) is 2.46. The Morgan fingerprint density at radius 2 is 1.48 bits per heavy atom. The number of hydrogen-bond acceptors (Lipinski definition) is 4. The summed E-state index contributed by atoms with van der Waals surface area (Å²) >= 11 is 0. The second-order valence-corrected chi connectivity index (χ2v) is 5.23. The lowest BCUT2D eigenvalue weighted by atomic mass is 10.2. The van der Waals surface area contributed by atoms with E-state index in [1.54, 1.807) is 5.06 Å². The number of hydroxylamine groups is 1. The molecule has 0 saturated carbocycles. The molecule has 1 aromatic heterocycles. The summed E-state index contributed by atoms with van der Waals surface area (Å²) in [4.78, 5) is 14.8. The van der Waals surface area contributed by atoms with Crippen molar-refractivity contribution >= 4 is 5.69 Å². The first-order valence-corrected chi connectivity index (χ1v) is 7.47. The van der Waals surface area contributed by atoms with Crippen molar-refractivity contribution in [3.63, 3.8) is 0 Å². The van der Waals surface area contributed by atoms with Crippen LogP contribution in [0.5, 0.6) is 0 Å². The third-order valence-corrected chi connectivity index (χ3v) is 3.67. The molecule has 4 nitrogen and oxygen atoms in total. The van der Waals surface area contributed by atoms with Gasteiger partial charge in [-0.3, -0.25) is 4.84 Å². The standard InChI is InChI=1S/C19H15N3O/c1-3-7-15(8-4-1)19-20-13-16(14-21-19)18-11-12-22(23-18)17-9-5-2-6-10-17/h1-14,18H. The Morgan fingerprint density at radius 3 is 2.17 bits per heavy atom. The molecule has 4 heteroatoms. The van der Waals surface area contributed by atoms with E-state index < -0.39 is 0 Å². The van der Waals surface area contributed by atoms with Crippen molar-refractivity contribution in [1.82, 2.24) is 9.97 Å². The number of aromatic nitrogens is 2. The Hall–Kier alpha value is -2.98. The van der Waals surface area contributed by atoms with Gasteiger partial charge in [0.25, 0.3) is 0 Å². The molecule has 1 aliphatic rings. The molecule has 1 atom stereocenters. The maximum atomic E-state index is 5.92. The predicted octanol–water partition coefficient (Wildman–Crippen LogP) is 4.15. The molecular weight excluding hydrogens is 286 g/mol. The molecule has 0 saturated heterocycles. The van der Waals surface area contributed by atoms with Gasteiger partial charge < -0.3 is 0 Å². The molecular formula is C19H15N3O. The average molecular weight is 301 g/mol. The number of para-hydroxylation sites is 1. The van der Waals surface area contributed by atoms with Crippen LogP contribution in [-0.2, 0) is 4.84 Å². The Labute approximate surface area is 134 Å². The second kappa shape index (κ2) is 6.02. The summed E-state index contributed by atoms with van der Waals surface area (Å²) in [7, 11) is 0. The molecule has 3 aromatic rings. The third-order valence-electron chi connectivity index (χ3n) is 3.67. The Balaban J connectivity index is 1.51. The van der Waals surface area contributed by atoms with Gasteiger partial charge in [0.15, 0.2) is 5.82 Å². The summed E-state index contributed by atoms with van der Waals surface area (Å²) in [6.07, 6.45) is 7.39. The quantitative estimate of drug-likeness (QED) is 0.728. The van der Waals surface area contributed by atoms with Crippen LogP contribution in [0.2, 0.25) is 0 Å². The van der Waals surface area contributed by atoms with Gasteiger partial charge in [-0.15, -0.1) is 0 Å². The van der Waals surface area contributed by atoms with Crippen LogP contribution in [0.3, 0.4) is 0 Å². The van der Waals surface area contributed by atoms with Crippen molar-refractivity contribution < 1.29 is 4.84 Å². The van der Waals surface area contributed by atoms with Crippen LogP contribution < -0.4 is 5.06 Å². The molecule has 2 aromatic carbocycles. The number of hydrogen-bond donors (Lipinski definition) is 0. The number of benzene rings is 2. The number of nitrogens with zero attached hydrogens (tertiary/aromatic N) is 3. The first kappa shape index (κ1) is 13.7. The van der Waals surface area contributed by atoms with E-state index in [9.17, 15) is 0 Å². The summed E-state index contributed by atoms with van der Waals surface area (Å²) in [6.45, 7) is 0. The lowest BCUT2D eigenvalue weighted by molar-refractivity contribution is 0.102. The highest BCUT2D eigenvalue weighted by molar-refractivity contribution is 5.54. The number of anilines is 1. The van der Waals surface area contributed by atoms with Gasteiger partial charge in [0, 0.05) is 29.7 Å². The van der Waals surface area contributed by atoms with Crippen molar-refractivity contribution in [2.45, 2.75) is 6.10 Å². The minimum Gasteiger partial charge on any atom is -0.257 e. The van der Waals surface area contributed by atoms with Crippen molar-refractivity contribution in [2.75, 3.05) is 5.06 Å². The van der Waals surface area contributed by atoms with Crippen LogP contribution in [-0.4, -0.2) is 9.97 Å². The molecule has 0 amide bonds. The molecule has 0 N–H and O–H groups in total. The number of rotatable bonds is 3. The van der Waals surface area contributed by atoms with E-state index in [0.717, 1.165) is 22.6 Å². The van der Waals surface area contributed by atoms with E-state index >= 15 is 0 Å². The van der Waals surface area contributed by atoms with Crippen LogP contribution in [0.1, 0.15) is 11.7 Å². The largest absolute Gasteiger partial charge is 0.257 e. The van der Waals surface area contributed by atoms with Crippen LogP contribution in [0.4, 0.5) is 5.69 Å². The Kier molecular flexibility index (Phi) is 3.58. The normalized spacial score (nSPS) is 16.7. The van der Waals surface area contributed by atoms with E-state index in [1.165, 1.54) is 0 Å². The molecule has 1 unspecified atom stereocenters. The van der Waals surface area contributed by atoms with Gasteiger partial charge in [-0.05, 0) is 18.2 Å². The SMILES string of the molecule is C1=CN(c2ccccc2)OC1c1cnc(-c2ccccc2)nc1. The molecule has 0 radical (unpaired) electrons. The average Bonchev–Trinajstić information content (AvgIpc) is 3.14. The van der Waals surface area contributed by atoms with Gasteiger partial charge in [0.2, 0.25) is 0 Å². The zero-order valence-corrected chi connectivity index (χ0v) is 12.4. The van der Waals surface area contributed by atoms with Gasteiger partial charge in [0.05, 0.1) is 5.69 Å². The molecule has 1 aliphatic heterocycles. The monoisotopic (exact) mass is 301 g/mol. The molecule has 0 spiro atoms. The van der Waals surface area contributed by atoms with Gasteiger partial charge in [-0.1, -0.05) is 48.5 Å². The van der Waals surface area contributed by atoms with Gasteiger partial charge in [-0.25, -0.2) is 15.0 Å². The van der Waals surface area contributed by atoms with Gasteiger partial charge >= 0.3 is 0 Å². The predicted molar refractivity (Wildman–Crippen MR) is 89.4 cm³/mol. The highest BCUT2D eigenvalue weighted by Crippen LogP contribution is 2.29. The van der Waals surface area contributed by atoms with E-state index in [-0.39, 0.29) is 6.10 Å². The molecule has 0 aliphatic carbocycles. The van der Waals surface area contributed by atoms with E-state index in [2.05, 4.69) is 9.97 Å². The summed E-state index contributed by atoms with van der Waals surface area (Å²) in [5.74, 6) is 0.719. The highest BCUT2D eigenvalue weighted by Gasteiger charge is 2.20. The molecule has 23 heavy (non-hydrogen) atoms. The van der Waals surface area contributed by atoms with Crippen LogP contribution in [0, 0.1) is 0 Å². The summed E-state index contributed by atoms with van der Waals surface area (Å²) in [5.41, 5.74) is 2.93. The molecule has 0 bridgehead atoms. The van der Waals surface area contributed by atoms with Crippen molar-refractivity contribution in [3.8, 4) is 11.4 Å². The third kappa shape index (κ3) is 2.84. The minimum absolute atomic E-state index is 0.167. The molecule has 4 rings (SSSR count). The highest BCUT2D eigenvalue weighted by atomic mass is 16.7. The zero-order chi connectivity index (χ0) is 15.5. The summed E-state index contributed by atoms with van der Waals surface area (Å²) in [5, 5.41) is 1.76. The van der Waals surface area contributed by atoms with Crippen LogP contribution >= 0.6 is 0 Å². The first-order chi connectivity index (χ1) is 11.4. The zero-order valence-electron chi connectivity index (χ0n) is 12.4. The Morgan fingerprint density at radius 1 is 0.826 bits per heavy atom. The van der Waals surface area contributed by atoms with E-state index in [1.807, 2.05) is 85.3 Å². The van der Waals surface area contributed by atoms with Crippen molar-refractivity contribution in [2.24, 2.45) is 0 Å². The molecule has 0 fully saturated rings. The fraction of sp³-hybridized carbons (Fsp3) is 0.0526. The van der Waals surface area contributed by atoms with E-state index in [4.69, 9.17) is 4.84 Å². The lowest BCUT2D eigenvalue weighted by Gasteiger charge is -2.17. The fourth-order valence-electron chi connectivity index (χ4n) is 2.46. The minimum atomic E-state index is -0.167.